The second kappa shape index (κ2) is 4.45. The van der Waals surface area contributed by atoms with Gasteiger partial charge >= 0.3 is 0 Å². The van der Waals surface area contributed by atoms with Crippen molar-refractivity contribution in [2.45, 2.75) is 33.3 Å². The second-order valence-corrected chi connectivity index (χ2v) is 5.47. The van der Waals surface area contributed by atoms with Gasteiger partial charge in [-0.2, -0.15) is 0 Å². The number of rotatable bonds is 2. The molecule has 0 amide bonds. The molecule has 2 aromatic rings. The van der Waals surface area contributed by atoms with E-state index >= 15 is 0 Å². The van der Waals surface area contributed by atoms with Crippen LogP contribution >= 0.6 is 0 Å². The Balaban J connectivity index is 2.64. The summed E-state index contributed by atoms with van der Waals surface area (Å²) in [6, 6.07) is 11.7. The zero-order valence-corrected chi connectivity index (χ0v) is 11.3. The van der Waals surface area contributed by atoms with Gasteiger partial charge in [0.15, 0.2) is 5.78 Å². The first-order valence-corrected chi connectivity index (χ1v) is 6.09. The Morgan fingerprint density at radius 2 is 1.78 bits per heavy atom. The van der Waals surface area contributed by atoms with Crippen LogP contribution in [-0.4, -0.2) is 11.4 Å². The maximum absolute atomic E-state index is 11.6. The Labute approximate surface area is 108 Å². The highest BCUT2D eigenvalue weighted by atomic mass is 16.5. The molecule has 0 fully saturated rings. The molecule has 0 unspecified atom stereocenters. The fraction of sp³-hybridized carbons (Fsp3) is 0.312. The Morgan fingerprint density at radius 1 is 1.11 bits per heavy atom. The summed E-state index contributed by atoms with van der Waals surface area (Å²) in [4.78, 5) is 11.6. The molecule has 2 rings (SSSR count). The van der Waals surface area contributed by atoms with Gasteiger partial charge in [0.05, 0.1) is 0 Å². The molecule has 0 aliphatic rings. The summed E-state index contributed by atoms with van der Waals surface area (Å²) in [7, 11) is 0. The quantitative estimate of drug-likeness (QED) is 0.737. The molecule has 0 N–H and O–H groups in total. The lowest BCUT2D eigenvalue weighted by Crippen LogP contribution is -2.23. The van der Waals surface area contributed by atoms with Gasteiger partial charge < -0.3 is 4.74 Å². The number of carbonyl (C=O) groups is 1. The third-order valence-corrected chi connectivity index (χ3v) is 2.65. The van der Waals surface area contributed by atoms with E-state index in [2.05, 4.69) is 0 Å². The van der Waals surface area contributed by atoms with Gasteiger partial charge in [-0.1, -0.05) is 24.3 Å². The minimum atomic E-state index is -0.280. The van der Waals surface area contributed by atoms with Crippen molar-refractivity contribution >= 4 is 16.6 Å². The molecular formula is C16H18O2. The smallest absolute Gasteiger partial charge is 0.159 e. The Kier molecular flexibility index (Phi) is 3.12. The summed E-state index contributed by atoms with van der Waals surface area (Å²) in [5, 5.41) is 2.07. The third kappa shape index (κ3) is 2.70. The van der Waals surface area contributed by atoms with Crippen LogP contribution in [0.4, 0.5) is 0 Å². The minimum absolute atomic E-state index is 0.0551. The minimum Gasteiger partial charge on any atom is -0.487 e. The first kappa shape index (κ1) is 12.6. The summed E-state index contributed by atoms with van der Waals surface area (Å²) in [5.41, 5.74) is 0.408. The van der Waals surface area contributed by atoms with Gasteiger partial charge in [0, 0.05) is 10.9 Å². The summed E-state index contributed by atoms with van der Waals surface area (Å²) >= 11 is 0. The zero-order chi connectivity index (χ0) is 13.3. The molecule has 94 valence electrons. The molecule has 0 atom stereocenters. The fourth-order valence-corrected chi connectivity index (χ4v) is 1.89. The highest BCUT2D eigenvalue weighted by Crippen LogP contribution is 2.30. The molecule has 0 heterocycles. The van der Waals surface area contributed by atoms with Crippen LogP contribution in [0, 0.1) is 0 Å². The molecule has 0 saturated carbocycles. The van der Waals surface area contributed by atoms with Crippen molar-refractivity contribution in [3.8, 4) is 5.75 Å². The molecule has 2 nitrogen and oxygen atoms in total. The Bertz CT molecular complexity index is 592. The molecule has 0 aliphatic carbocycles. The van der Waals surface area contributed by atoms with E-state index in [0.717, 1.165) is 16.5 Å². The van der Waals surface area contributed by atoms with Crippen LogP contribution in [0.1, 0.15) is 38.1 Å². The molecule has 0 aliphatic heterocycles. The Morgan fingerprint density at radius 3 is 2.39 bits per heavy atom. The van der Waals surface area contributed by atoms with Gasteiger partial charge in [-0.25, -0.2) is 0 Å². The number of ketones is 1. The monoisotopic (exact) mass is 242 g/mol. The van der Waals surface area contributed by atoms with E-state index < -0.39 is 0 Å². The molecule has 0 aromatic heterocycles. The van der Waals surface area contributed by atoms with Crippen LogP contribution in [0.3, 0.4) is 0 Å². The SMILES string of the molecule is CC(=O)c1cc(OC(C)(C)C)c2ccccc2c1. The zero-order valence-electron chi connectivity index (χ0n) is 11.3. The van der Waals surface area contributed by atoms with E-state index in [0.29, 0.717) is 5.56 Å². The van der Waals surface area contributed by atoms with Gasteiger partial charge in [-0.05, 0) is 45.2 Å². The lowest BCUT2D eigenvalue weighted by Gasteiger charge is -2.23. The van der Waals surface area contributed by atoms with Gasteiger partial charge in [-0.3, -0.25) is 4.79 Å². The van der Waals surface area contributed by atoms with Crippen molar-refractivity contribution in [3.63, 3.8) is 0 Å². The predicted molar refractivity (Wildman–Crippen MR) is 74.3 cm³/mol. The Hall–Kier alpha value is -1.83. The van der Waals surface area contributed by atoms with Crippen molar-refractivity contribution in [2.75, 3.05) is 0 Å². The summed E-state index contributed by atoms with van der Waals surface area (Å²) in [6.45, 7) is 7.58. The lowest BCUT2D eigenvalue weighted by molar-refractivity contribution is 0.101. The summed E-state index contributed by atoms with van der Waals surface area (Å²) in [5.74, 6) is 0.824. The van der Waals surface area contributed by atoms with Crippen LogP contribution in [0.5, 0.6) is 5.75 Å². The average molecular weight is 242 g/mol. The number of carbonyl (C=O) groups excluding carboxylic acids is 1. The maximum Gasteiger partial charge on any atom is 0.159 e. The van der Waals surface area contributed by atoms with Crippen LogP contribution in [0.2, 0.25) is 0 Å². The number of hydrogen-bond donors (Lipinski definition) is 0. The summed E-state index contributed by atoms with van der Waals surface area (Å²) < 4.78 is 5.95. The van der Waals surface area contributed by atoms with Gasteiger partial charge in [-0.15, -0.1) is 0 Å². The van der Waals surface area contributed by atoms with Gasteiger partial charge in [0.2, 0.25) is 0 Å². The highest BCUT2D eigenvalue weighted by Gasteiger charge is 2.15. The number of hydrogen-bond acceptors (Lipinski definition) is 2. The number of ether oxygens (including phenoxy) is 1. The van der Waals surface area contributed by atoms with Crippen LogP contribution in [-0.2, 0) is 0 Å². The number of benzene rings is 2. The molecule has 2 heteroatoms. The van der Waals surface area contributed by atoms with Crippen molar-refractivity contribution in [2.24, 2.45) is 0 Å². The molecule has 2 aromatic carbocycles. The van der Waals surface area contributed by atoms with E-state index in [4.69, 9.17) is 4.74 Å². The van der Waals surface area contributed by atoms with Crippen molar-refractivity contribution in [3.05, 3.63) is 42.0 Å². The van der Waals surface area contributed by atoms with Crippen molar-refractivity contribution in [1.29, 1.82) is 0 Å². The van der Waals surface area contributed by atoms with Crippen molar-refractivity contribution < 1.29 is 9.53 Å². The van der Waals surface area contributed by atoms with E-state index in [1.807, 2.05) is 57.2 Å². The number of fused-ring (bicyclic) bond motifs is 1. The number of Topliss-reactive ketones (excluding diaryl/α,β-unsaturated/α-hetero) is 1. The predicted octanol–water partition coefficient (Wildman–Crippen LogP) is 4.22. The maximum atomic E-state index is 11.6. The molecule has 0 radical (unpaired) electrons. The molecular weight excluding hydrogens is 224 g/mol. The highest BCUT2D eigenvalue weighted by molar-refractivity contribution is 6.00. The first-order valence-electron chi connectivity index (χ1n) is 6.09. The van der Waals surface area contributed by atoms with E-state index in [9.17, 15) is 4.79 Å². The van der Waals surface area contributed by atoms with E-state index in [1.54, 1.807) is 6.92 Å². The van der Waals surface area contributed by atoms with Crippen LogP contribution in [0.25, 0.3) is 10.8 Å². The largest absolute Gasteiger partial charge is 0.487 e. The molecule has 0 saturated heterocycles. The average Bonchev–Trinajstić information content (AvgIpc) is 2.26. The molecule has 0 spiro atoms. The van der Waals surface area contributed by atoms with Crippen LogP contribution < -0.4 is 4.74 Å². The summed E-state index contributed by atoms with van der Waals surface area (Å²) in [6.07, 6.45) is 0. The first-order chi connectivity index (χ1) is 8.37. The van der Waals surface area contributed by atoms with Gasteiger partial charge in [0.25, 0.3) is 0 Å². The van der Waals surface area contributed by atoms with Gasteiger partial charge in [0.1, 0.15) is 11.4 Å². The van der Waals surface area contributed by atoms with Crippen molar-refractivity contribution in [1.82, 2.24) is 0 Å². The second-order valence-electron chi connectivity index (χ2n) is 5.47. The third-order valence-electron chi connectivity index (χ3n) is 2.65. The van der Waals surface area contributed by atoms with E-state index in [1.165, 1.54) is 0 Å². The van der Waals surface area contributed by atoms with E-state index in [-0.39, 0.29) is 11.4 Å². The standard InChI is InChI=1S/C16H18O2/c1-11(17)13-9-12-7-5-6-8-14(12)15(10-13)18-16(2,3)4/h5-10H,1-4H3. The molecule has 0 bridgehead atoms. The fourth-order valence-electron chi connectivity index (χ4n) is 1.89. The topological polar surface area (TPSA) is 26.3 Å². The normalized spacial score (nSPS) is 11.6. The van der Waals surface area contributed by atoms with Crippen LogP contribution in [0.15, 0.2) is 36.4 Å². The molecule has 18 heavy (non-hydrogen) atoms. The lowest BCUT2D eigenvalue weighted by atomic mass is 10.0.